The quantitative estimate of drug-likeness (QED) is 0.628. The fourth-order valence-electron chi connectivity index (χ4n) is 1.50. The summed E-state index contributed by atoms with van der Waals surface area (Å²) in [5.41, 5.74) is 1.92. The summed E-state index contributed by atoms with van der Waals surface area (Å²) in [6.07, 6.45) is 3.35. The molecular formula is C10H14N5+. The summed E-state index contributed by atoms with van der Waals surface area (Å²) < 4.78 is 3.98. The number of rotatable bonds is 1. The Morgan fingerprint density at radius 3 is 2.60 bits per heavy atom. The zero-order valence-corrected chi connectivity index (χ0v) is 9.39. The van der Waals surface area contributed by atoms with Crippen LogP contribution in [0.4, 0.5) is 0 Å². The predicted molar refractivity (Wildman–Crippen MR) is 54.9 cm³/mol. The molecule has 0 atom stereocenters. The molecule has 0 aliphatic rings. The first-order valence-electron chi connectivity index (χ1n) is 4.78. The molecule has 0 amide bonds. The monoisotopic (exact) mass is 204 g/mol. The molecule has 2 aromatic heterocycles. The van der Waals surface area contributed by atoms with Crippen molar-refractivity contribution in [2.75, 3.05) is 0 Å². The molecule has 5 heteroatoms. The number of nitrogens with zero attached hydrogens (tertiary/aromatic N) is 5. The summed E-state index contributed by atoms with van der Waals surface area (Å²) in [6, 6.07) is 0. The highest BCUT2D eigenvalue weighted by atomic mass is 15.4. The lowest BCUT2D eigenvalue weighted by molar-refractivity contribution is -0.742. The van der Waals surface area contributed by atoms with Crippen molar-refractivity contribution in [3.05, 3.63) is 24.0 Å². The van der Waals surface area contributed by atoms with E-state index in [1.54, 1.807) is 12.5 Å². The van der Waals surface area contributed by atoms with Gasteiger partial charge in [-0.15, -0.1) is 0 Å². The Balaban J connectivity index is 2.65. The lowest BCUT2D eigenvalue weighted by Crippen LogP contribution is -2.39. The summed E-state index contributed by atoms with van der Waals surface area (Å²) in [6.45, 7) is 3.93. The van der Waals surface area contributed by atoms with Gasteiger partial charge in [0.25, 0.3) is 5.82 Å². The van der Waals surface area contributed by atoms with Gasteiger partial charge in [0.1, 0.15) is 18.9 Å². The average Bonchev–Trinajstić information content (AvgIpc) is 2.47. The third-order valence-electron chi connectivity index (χ3n) is 2.64. The minimum atomic E-state index is 0.896. The molecular weight excluding hydrogens is 190 g/mol. The van der Waals surface area contributed by atoms with Gasteiger partial charge in [0.2, 0.25) is 0 Å². The molecule has 2 rings (SSSR count). The summed E-state index contributed by atoms with van der Waals surface area (Å²) >= 11 is 0. The second kappa shape index (κ2) is 3.42. The Kier molecular flexibility index (Phi) is 2.22. The fraction of sp³-hybridized carbons (Fsp3) is 0.400. The summed E-state index contributed by atoms with van der Waals surface area (Å²) in [7, 11) is 3.95. The van der Waals surface area contributed by atoms with Gasteiger partial charge in [-0.3, -0.25) is 0 Å². The van der Waals surface area contributed by atoms with Crippen molar-refractivity contribution in [3.8, 4) is 11.4 Å². The van der Waals surface area contributed by atoms with Crippen LogP contribution in [0.5, 0.6) is 0 Å². The van der Waals surface area contributed by atoms with Crippen LogP contribution in [0.3, 0.4) is 0 Å². The Hall–Kier alpha value is -1.78. The van der Waals surface area contributed by atoms with Crippen molar-refractivity contribution >= 4 is 0 Å². The molecule has 15 heavy (non-hydrogen) atoms. The lowest BCUT2D eigenvalue weighted by Gasteiger charge is -1.97. The SMILES string of the molecule is Cc1ncncc1-c1nc(C)n(C)[n+]1C. The van der Waals surface area contributed by atoms with Gasteiger partial charge < -0.3 is 0 Å². The highest BCUT2D eigenvalue weighted by Gasteiger charge is 2.21. The van der Waals surface area contributed by atoms with Gasteiger partial charge in [-0.25, -0.2) is 9.97 Å². The normalized spacial score (nSPS) is 10.7. The van der Waals surface area contributed by atoms with E-state index in [-0.39, 0.29) is 0 Å². The maximum Gasteiger partial charge on any atom is 0.354 e. The molecule has 0 fully saturated rings. The Morgan fingerprint density at radius 2 is 2.07 bits per heavy atom. The van der Waals surface area contributed by atoms with E-state index in [4.69, 9.17) is 0 Å². The molecule has 0 saturated carbocycles. The smallest absolute Gasteiger partial charge is 0.244 e. The Bertz CT molecular complexity index is 501. The van der Waals surface area contributed by atoms with Crippen molar-refractivity contribution in [2.24, 2.45) is 14.1 Å². The first kappa shape index (κ1) is 9.76. The molecule has 0 spiro atoms. The van der Waals surface area contributed by atoms with E-state index in [2.05, 4.69) is 15.0 Å². The standard InChI is InChI=1S/C10H14N5/c1-7-9(5-11-6-12-7)10-13-8(2)14(3)15(10)4/h5-6H,1-4H3/q+1. The first-order valence-corrected chi connectivity index (χ1v) is 4.78. The van der Waals surface area contributed by atoms with Crippen LogP contribution < -0.4 is 4.68 Å². The van der Waals surface area contributed by atoms with E-state index in [0.29, 0.717) is 0 Å². The highest BCUT2D eigenvalue weighted by molar-refractivity contribution is 5.53. The van der Waals surface area contributed by atoms with Crippen molar-refractivity contribution in [1.82, 2.24) is 19.6 Å². The maximum atomic E-state index is 4.49. The van der Waals surface area contributed by atoms with Crippen LogP contribution >= 0.6 is 0 Å². The van der Waals surface area contributed by atoms with Gasteiger partial charge >= 0.3 is 5.82 Å². The maximum absolute atomic E-state index is 4.49. The van der Waals surface area contributed by atoms with Crippen LogP contribution in [-0.4, -0.2) is 19.6 Å². The molecule has 0 N–H and O–H groups in total. The predicted octanol–water partition coefficient (Wildman–Crippen LogP) is 0.318. The molecule has 78 valence electrons. The van der Waals surface area contributed by atoms with Gasteiger partial charge in [0.15, 0.2) is 0 Å². The van der Waals surface area contributed by atoms with Gasteiger partial charge in [-0.1, -0.05) is 0 Å². The Labute approximate surface area is 88.4 Å². The van der Waals surface area contributed by atoms with Crippen molar-refractivity contribution in [2.45, 2.75) is 13.8 Å². The number of hydrogen-bond acceptors (Lipinski definition) is 3. The van der Waals surface area contributed by atoms with E-state index < -0.39 is 0 Å². The van der Waals surface area contributed by atoms with E-state index in [0.717, 1.165) is 22.9 Å². The first-order chi connectivity index (χ1) is 7.11. The molecule has 0 bridgehead atoms. The van der Waals surface area contributed by atoms with Crippen LogP contribution in [0.25, 0.3) is 11.4 Å². The van der Waals surface area contributed by atoms with Crippen LogP contribution in [0.1, 0.15) is 11.5 Å². The van der Waals surface area contributed by atoms with Gasteiger partial charge in [0, 0.05) is 13.1 Å². The van der Waals surface area contributed by atoms with Crippen molar-refractivity contribution < 1.29 is 4.68 Å². The third kappa shape index (κ3) is 1.49. The van der Waals surface area contributed by atoms with Crippen LogP contribution in [0, 0.1) is 13.8 Å². The van der Waals surface area contributed by atoms with E-state index in [1.165, 1.54) is 0 Å². The number of aromatic nitrogens is 5. The molecule has 0 saturated heterocycles. The average molecular weight is 204 g/mol. The zero-order chi connectivity index (χ0) is 11.0. The van der Waals surface area contributed by atoms with Gasteiger partial charge in [-0.05, 0) is 11.9 Å². The minimum absolute atomic E-state index is 0.896. The second-order valence-electron chi connectivity index (χ2n) is 3.55. The zero-order valence-electron chi connectivity index (χ0n) is 9.39. The summed E-state index contributed by atoms with van der Waals surface area (Å²) in [5.74, 6) is 1.86. The molecule has 2 heterocycles. The molecule has 0 unspecified atom stereocenters. The topological polar surface area (TPSA) is 47.5 Å². The van der Waals surface area contributed by atoms with Crippen molar-refractivity contribution in [1.29, 1.82) is 0 Å². The molecule has 0 radical (unpaired) electrons. The van der Waals surface area contributed by atoms with E-state index in [1.807, 2.05) is 37.3 Å². The largest absolute Gasteiger partial charge is 0.354 e. The van der Waals surface area contributed by atoms with Gasteiger partial charge in [-0.2, -0.15) is 9.36 Å². The van der Waals surface area contributed by atoms with Crippen LogP contribution in [0.15, 0.2) is 12.5 Å². The van der Waals surface area contributed by atoms with E-state index >= 15 is 0 Å². The molecule has 0 aliphatic heterocycles. The van der Waals surface area contributed by atoms with Crippen molar-refractivity contribution in [3.63, 3.8) is 0 Å². The number of aryl methyl sites for hydroxylation is 2. The number of hydrogen-bond donors (Lipinski definition) is 0. The third-order valence-corrected chi connectivity index (χ3v) is 2.64. The van der Waals surface area contributed by atoms with Gasteiger partial charge in [0.05, 0.1) is 12.7 Å². The highest BCUT2D eigenvalue weighted by Crippen LogP contribution is 2.14. The lowest BCUT2D eigenvalue weighted by atomic mass is 10.2. The molecule has 5 nitrogen and oxygen atoms in total. The van der Waals surface area contributed by atoms with Crippen LogP contribution in [0.2, 0.25) is 0 Å². The fourth-order valence-corrected chi connectivity index (χ4v) is 1.50. The second-order valence-corrected chi connectivity index (χ2v) is 3.55. The summed E-state index contributed by atoms with van der Waals surface area (Å²) in [5, 5.41) is 0. The van der Waals surface area contributed by atoms with E-state index in [9.17, 15) is 0 Å². The molecule has 2 aromatic rings. The molecule has 0 aliphatic carbocycles. The van der Waals surface area contributed by atoms with Crippen LogP contribution in [-0.2, 0) is 14.1 Å². The molecule has 0 aromatic carbocycles. The summed E-state index contributed by atoms with van der Waals surface area (Å²) in [4.78, 5) is 12.7. The minimum Gasteiger partial charge on any atom is -0.244 e. The Morgan fingerprint density at radius 1 is 1.33 bits per heavy atom.